The molecule has 2 rings (SSSR count). The molecular formula is C7H8N2. The Morgan fingerprint density at radius 1 is 1.00 bits per heavy atom. The predicted molar refractivity (Wildman–Crippen MR) is 34.1 cm³/mol. The van der Waals surface area contributed by atoms with Gasteiger partial charge in [-0.3, -0.25) is 9.97 Å². The summed E-state index contributed by atoms with van der Waals surface area (Å²) in [4.78, 5) is 8.39. The maximum absolute atomic E-state index is 4.20. The van der Waals surface area contributed by atoms with Gasteiger partial charge < -0.3 is 0 Å². The van der Waals surface area contributed by atoms with E-state index in [2.05, 4.69) is 9.97 Å². The molecule has 0 N–H and O–H groups in total. The summed E-state index contributed by atoms with van der Waals surface area (Å²) in [5, 5.41) is 0. The van der Waals surface area contributed by atoms with E-state index in [1.165, 1.54) is 17.8 Å². The van der Waals surface area contributed by atoms with Gasteiger partial charge in [0.05, 0.1) is 11.4 Å². The third-order valence-electron chi connectivity index (χ3n) is 1.69. The summed E-state index contributed by atoms with van der Waals surface area (Å²) in [6, 6.07) is 0. The second-order valence-corrected chi connectivity index (χ2v) is 2.30. The van der Waals surface area contributed by atoms with E-state index >= 15 is 0 Å². The molecule has 1 aliphatic carbocycles. The third kappa shape index (κ3) is 0.707. The van der Waals surface area contributed by atoms with Gasteiger partial charge in [0.1, 0.15) is 0 Å². The molecule has 0 aromatic carbocycles. The summed E-state index contributed by atoms with van der Waals surface area (Å²) < 4.78 is 0. The molecule has 0 spiro atoms. The van der Waals surface area contributed by atoms with Crippen LogP contribution in [0.3, 0.4) is 0 Å². The predicted octanol–water partition coefficient (Wildman–Crippen LogP) is 0.965. The Morgan fingerprint density at radius 3 is 2.11 bits per heavy atom. The van der Waals surface area contributed by atoms with E-state index in [1.54, 1.807) is 12.4 Å². The summed E-state index contributed by atoms with van der Waals surface area (Å²) >= 11 is 0. The Labute approximate surface area is 54.0 Å². The Balaban J connectivity index is 2.54. The Kier molecular flexibility index (Phi) is 0.979. The van der Waals surface area contributed by atoms with Crippen molar-refractivity contribution in [1.29, 1.82) is 0 Å². The molecule has 9 heavy (non-hydrogen) atoms. The lowest BCUT2D eigenvalue weighted by molar-refractivity contribution is 0.893. The zero-order valence-electron chi connectivity index (χ0n) is 5.17. The van der Waals surface area contributed by atoms with Gasteiger partial charge >= 0.3 is 0 Å². The molecule has 0 saturated carbocycles. The highest BCUT2D eigenvalue weighted by Gasteiger charge is 2.10. The molecule has 46 valence electrons. The highest BCUT2D eigenvalue weighted by Crippen LogP contribution is 2.15. The van der Waals surface area contributed by atoms with Gasteiger partial charge in [0.2, 0.25) is 0 Å². The molecular weight excluding hydrogens is 112 g/mol. The summed E-state index contributed by atoms with van der Waals surface area (Å²) in [5.74, 6) is 0. The molecule has 0 aliphatic heterocycles. The van der Waals surface area contributed by atoms with Crippen LogP contribution >= 0.6 is 0 Å². The number of hydrogen-bond acceptors (Lipinski definition) is 2. The molecule has 1 aromatic heterocycles. The van der Waals surface area contributed by atoms with Crippen molar-refractivity contribution in [3.8, 4) is 0 Å². The van der Waals surface area contributed by atoms with Crippen molar-refractivity contribution in [2.24, 2.45) is 0 Å². The van der Waals surface area contributed by atoms with Gasteiger partial charge in [-0.2, -0.15) is 0 Å². The van der Waals surface area contributed by atoms with Gasteiger partial charge in [0.25, 0.3) is 0 Å². The molecule has 2 heteroatoms. The highest BCUT2D eigenvalue weighted by atomic mass is 14.8. The van der Waals surface area contributed by atoms with Crippen LogP contribution in [0.1, 0.15) is 17.8 Å². The van der Waals surface area contributed by atoms with Gasteiger partial charge in [0.15, 0.2) is 0 Å². The van der Waals surface area contributed by atoms with E-state index in [-0.39, 0.29) is 0 Å². The molecule has 0 bridgehead atoms. The topological polar surface area (TPSA) is 25.8 Å². The first-order valence-corrected chi connectivity index (χ1v) is 3.25. The van der Waals surface area contributed by atoms with Crippen molar-refractivity contribution in [2.75, 3.05) is 0 Å². The van der Waals surface area contributed by atoms with E-state index < -0.39 is 0 Å². The first-order chi connectivity index (χ1) is 4.47. The van der Waals surface area contributed by atoms with Crippen LogP contribution < -0.4 is 0 Å². The largest absolute Gasteiger partial charge is 0.258 e. The zero-order valence-corrected chi connectivity index (χ0v) is 5.17. The standard InChI is InChI=1S/C7H8N2/c1-2-6-7(3-1)9-5-4-8-6/h4-5H,1-3H2. The monoisotopic (exact) mass is 120 g/mol. The molecule has 0 amide bonds. The SMILES string of the molecule is c1cnc2c(n1)CCC2. The fourth-order valence-electron chi connectivity index (χ4n) is 1.24. The number of aromatic nitrogens is 2. The highest BCUT2D eigenvalue weighted by molar-refractivity contribution is 5.15. The second kappa shape index (κ2) is 1.79. The minimum Gasteiger partial charge on any atom is -0.258 e. The fraction of sp³-hybridized carbons (Fsp3) is 0.429. The maximum atomic E-state index is 4.20. The van der Waals surface area contributed by atoms with E-state index in [0.717, 1.165) is 12.8 Å². The Morgan fingerprint density at radius 2 is 1.56 bits per heavy atom. The second-order valence-electron chi connectivity index (χ2n) is 2.30. The Bertz CT molecular complexity index is 197. The first-order valence-electron chi connectivity index (χ1n) is 3.25. The van der Waals surface area contributed by atoms with E-state index in [0.29, 0.717) is 0 Å². The van der Waals surface area contributed by atoms with Crippen LogP contribution in [-0.2, 0) is 12.8 Å². The van der Waals surface area contributed by atoms with Crippen molar-refractivity contribution < 1.29 is 0 Å². The normalized spacial score (nSPS) is 15.6. The molecule has 1 aliphatic rings. The summed E-state index contributed by atoms with van der Waals surface area (Å²) in [7, 11) is 0. The number of fused-ring (bicyclic) bond motifs is 1. The number of hydrogen-bond donors (Lipinski definition) is 0. The maximum Gasteiger partial charge on any atom is 0.0618 e. The van der Waals surface area contributed by atoms with Crippen LogP contribution in [0.25, 0.3) is 0 Å². The average Bonchev–Trinajstić information content (AvgIpc) is 2.33. The summed E-state index contributed by atoms with van der Waals surface area (Å²) in [5.41, 5.74) is 2.41. The molecule has 1 aromatic rings. The van der Waals surface area contributed by atoms with Crippen LogP contribution in [0, 0.1) is 0 Å². The summed E-state index contributed by atoms with van der Waals surface area (Å²) in [6.07, 6.45) is 7.03. The average molecular weight is 120 g/mol. The van der Waals surface area contributed by atoms with Gasteiger partial charge in [0, 0.05) is 12.4 Å². The number of aryl methyl sites for hydroxylation is 2. The lowest BCUT2D eigenvalue weighted by atomic mass is 10.4. The van der Waals surface area contributed by atoms with Crippen molar-refractivity contribution in [1.82, 2.24) is 9.97 Å². The van der Waals surface area contributed by atoms with Crippen LogP contribution in [0.15, 0.2) is 12.4 Å². The van der Waals surface area contributed by atoms with Crippen molar-refractivity contribution in [2.45, 2.75) is 19.3 Å². The van der Waals surface area contributed by atoms with E-state index in [1.807, 2.05) is 0 Å². The van der Waals surface area contributed by atoms with Crippen molar-refractivity contribution >= 4 is 0 Å². The van der Waals surface area contributed by atoms with Crippen LogP contribution in [-0.4, -0.2) is 9.97 Å². The van der Waals surface area contributed by atoms with Crippen LogP contribution in [0.2, 0.25) is 0 Å². The first kappa shape index (κ1) is 4.91. The third-order valence-corrected chi connectivity index (χ3v) is 1.69. The molecule has 1 heterocycles. The van der Waals surface area contributed by atoms with Gasteiger partial charge in [-0.25, -0.2) is 0 Å². The molecule has 0 atom stereocenters. The molecule has 0 fully saturated rings. The van der Waals surface area contributed by atoms with E-state index in [9.17, 15) is 0 Å². The molecule has 0 unspecified atom stereocenters. The summed E-state index contributed by atoms with van der Waals surface area (Å²) in [6.45, 7) is 0. The lowest BCUT2D eigenvalue weighted by Gasteiger charge is -1.91. The van der Waals surface area contributed by atoms with Crippen molar-refractivity contribution in [3.63, 3.8) is 0 Å². The Hall–Kier alpha value is -0.920. The van der Waals surface area contributed by atoms with E-state index in [4.69, 9.17) is 0 Å². The van der Waals surface area contributed by atoms with Gasteiger partial charge in [-0.1, -0.05) is 0 Å². The van der Waals surface area contributed by atoms with Gasteiger partial charge in [-0.15, -0.1) is 0 Å². The number of rotatable bonds is 0. The van der Waals surface area contributed by atoms with Crippen LogP contribution in [0.5, 0.6) is 0 Å². The number of nitrogens with zero attached hydrogens (tertiary/aromatic N) is 2. The van der Waals surface area contributed by atoms with Gasteiger partial charge in [-0.05, 0) is 19.3 Å². The fourth-order valence-corrected chi connectivity index (χ4v) is 1.24. The van der Waals surface area contributed by atoms with Crippen molar-refractivity contribution in [3.05, 3.63) is 23.8 Å². The molecule has 0 saturated heterocycles. The lowest BCUT2D eigenvalue weighted by Crippen LogP contribution is -1.88. The minimum atomic E-state index is 1.13. The smallest absolute Gasteiger partial charge is 0.0618 e. The van der Waals surface area contributed by atoms with Crippen LogP contribution in [0.4, 0.5) is 0 Å². The minimum absolute atomic E-state index is 1.13. The molecule has 0 radical (unpaired) electrons. The quantitative estimate of drug-likeness (QED) is 0.509. The molecule has 2 nitrogen and oxygen atoms in total. The zero-order chi connectivity index (χ0) is 6.10.